The summed E-state index contributed by atoms with van der Waals surface area (Å²) in [5, 5.41) is 15.4. The van der Waals surface area contributed by atoms with Crippen LogP contribution in [0.5, 0.6) is 0 Å². The van der Waals surface area contributed by atoms with E-state index >= 15 is 0 Å². The van der Waals surface area contributed by atoms with Crippen LogP contribution in [0.4, 0.5) is 17.6 Å². The fourth-order valence-corrected chi connectivity index (χ4v) is 7.08. The van der Waals surface area contributed by atoms with Crippen LogP contribution in [0.15, 0.2) is 18.5 Å². The molecule has 3 aliphatic carbocycles. The number of rotatable bonds is 7. The van der Waals surface area contributed by atoms with Crippen LogP contribution in [0.1, 0.15) is 75.6 Å². The average molecular weight is 553 g/mol. The molecule has 0 bridgehead atoms. The van der Waals surface area contributed by atoms with Gasteiger partial charge in [0.25, 0.3) is 0 Å². The molecular formula is C28H40F4N6O. The molecule has 3 saturated carbocycles. The molecular weight excluding hydrogens is 512 g/mol. The fourth-order valence-electron chi connectivity index (χ4n) is 7.08. The molecule has 3 aliphatic rings. The van der Waals surface area contributed by atoms with Gasteiger partial charge in [-0.3, -0.25) is 14.9 Å². The Kier molecular flexibility index (Phi) is 7.72. The highest BCUT2D eigenvalue weighted by molar-refractivity contribution is 5.79. The molecule has 0 aliphatic heterocycles. The van der Waals surface area contributed by atoms with Crippen molar-refractivity contribution in [2.75, 3.05) is 0 Å². The van der Waals surface area contributed by atoms with Gasteiger partial charge in [-0.1, -0.05) is 6.92 Å². The van der Waals surface area contributed by atoms with E-state index in [1.807, 2.05) is 17.7 Å². The molecule has 39 heavy (non-hydrogen) atoms. The highest BCUT2D eigenvalue weighted by Crippen LogP contribution is 2.44. The third-order valence-electron chi connectivity index (χ3n) is 9.38. The summed E-state index contributed by atoms with van der Waals surface area (Å²) < 4.78 is 59.3. The van der Waals surface area contributed by atoms with E-state index in [9.17, 15) is 22.4 Å². The molecule has 216 valence electrons. The minimum atomic E-state index is -4.53. The molecule has 2 aromatic rings. The van der Waals surface area contributed by atoms with E-state index in [0.717, 1.165) is 31.7 Å². The first-order valence-electron chi connectivity index (χ1n) is 14.2. The van der Waals surface area contributed by atoms with Gasteiger partial charge in [0.05, 0.1) is 0 Å². The first kappa shape index (κ1) is 28.0. The maximum Gasteiger partial charge on any atom is 0.435 e. The Labute approximate surface area is 226 Å². The summed E-state index contributed by atoms with van der Waals surface area (Å²) >= 11 is 0. The lowest BCUT2D eigenvalue weighted by Gasteiger charge is -2.38. The lowest BCUT2D eigenvalue weighted by molar-refractivity contribution is -0.141. The van der Waals surface area contributed by atoms with Crippen molar-refractivity contribution in [2.45, 2.75) is 89.1 Å². The zero-order valence-electron chi connectivity index (χ0n) is 22.9. The zero-order chi connectivity index (χ0) is 28.1. The number of aromatic nitrogens is 4. The Bertz CT molecular complexity index is 1230. The van der Waals surface area contributed by atoms with Gasteiger partial charge in [-0.05, 0) is 81.1 Å². The molecule has 2 aromatic heterocycles. The SMILES string of the molecule is CC1CC([C@@H](NC(=O)C2CC(Cn3ccn(C)c3=N)CC(c3cc(C(F)(F)F)nn3C)C2)C2CC2)CCC1F. The van der Waals surface area contributed by atoms with Gasteiger partial charge in [0.15, 0.2) is 5.69 Å². The first-order valence-corrected chi connectivity index (χ1v) is 14.2. The number of hydrogen-bond acceptors (Lipinski definition) is 3. The molecule has 7 atom stereocenters. The monoisotopic (exact) mass is 552 g/mol. The van der Waals surface area contributed by atoms with Crippen LogP contribution in [0.3, 0.4) is 0 Å². The van der Waals surface area contributed by atoms with Crippen molar-refractivity contribution in [3.8, 4) is 0 Å². The van der Waals surface area contributed by atoms with Gasteiger partial charge < -0.3 is 14.5 Å². The molecule has 0 radical (unpaired) electrons. The zero-order valence-corrected chi connectivity index (χ0v) is 22.9. The summed E-state index contributed by atoms with van der Waals surface area (Å²) in [4.78, 5) is 13.8. The third kappa shape index (κ3) is 6.11. The predicted molar refractivity (Wildman–Crippen MR) is 137 cm³/mol. The van der Waals surface area contributed by atoms with E-state index in [-0.39, 0.29) is 41.5 Å². The number of hydrogen-bond donors (Lipinski definition) is 2. The molecule has 2 N–H and O–H groups in total. The number of nitrogens with one attached hydrogen (secondary N) is 2. The number of halogens is 4. The Morgan fingerprint density at radius 1 is 1.10 bits per heavy atom. The lowest BCUT2D eigenvalue weighted by Crippen LogP contribution is -2.48. The minimum Gasteiger partial charge on any atom is -0.353 e. The number of imidazole rings is 1. The maximum absolute atomic E-state index is 14.2. The van der Waals surface area contributed by atoms with E-state index in [4.69, 9.17) is 5.41 Å². The minimum absolute atomic E-state index is 0.0139. The van der Waals surface area contributed by atoms with Crippen molar-refractivity contribution in [3.05, 3.63) is 35.5 Å². The maximum atomic E-state index is 14.2. The number of aryl methyl sites for hydroxylation is 2. The van der Waals surface area contributed by atoms with Crippen LogP contribution in [0.25, 0.3) is 0 Å². The second-order valence-electron chi connectivity index (χ2n) is 12.4. The molecule has 0 saturated heterocycles. The molecule has 7 nitrogen and oxygen atoms in total. The second kappa shape index (κ2) is 10.8. The van der Waals surface area contributed by atoms with Crippen molar-refractivity contribution in [3.63, 3.8) is 0 Å². The van der Waals surface area contributed by atoms with Crippen LogP contribution in [0.2, 0.25) is 0 Å². The fraction of sp³-hybridized carbons (Fsp3) is 0.750. The normalized spacial score (nSPS) is 30.7. The Hall–Kier alpha value is -2.59. The van der Waals surface area contributed by atoms with Crippen molar-refractivity contribution >= 4 is 5.91 Å². The van der Waals surface area contributed by atoms with E-state index in [1.54, 1.807) is 17.8 Å². The van der Waals surface area contributed by atoms with E-state index < -0.39 is 18.0 Å². The smallest absolute Gasteiger partial charge is 0.353 e. The molecule has 0 aromatic carbocycles. The number of carbonyl (C=O) groups excluding carboxylic acids is 1. The van der Waals surface area contributed by atoms with Gasteiger partial charge in [0.1, 0.15) is 6.17 Å². The summed E-state index contributed by atoms with van der Waals surface area (Å²) in [7, 11) is 3.32. The first-order chi connectivity index (χ1) is 18.4. The molecule has 0 spiro atoms. The van der Waals surface area contributed by atoms with Gasteiger partial charge in [0, 0.05) is 56.6 Å². The lowest BCUT2D eigenvalue weighted by atomic mass is 9.72. The van der Waals surface area contributed by atoms with E-state index in [2.05, 4.69) is 10.4 Å². The number of amides is 1. The van der Waals surface area contributed by atoms with Crippen molar-refractivity contribution in [2.24, 2.45) is 43.7 Å². The number of alkyl halides is 4. The Morgan fingerprint density at radius 2 is 1.82 bits per heavy atom. The molecule has 1 amide bonds. The molecule has 6 unspecified atom stereocenters. The summed E-state index contributed by atoms with van der Waals surface area (Å²) in [5.41, 5.74) is -0.0902. The summed E-state index contributed by atoms with van der Waals surface area (Å²) in [6.07, 6.45) is 4.21. The number of carbonyl (C=O) groups is 1. The van der Waals surface area contributed by atoms with Crippen LogP contribution < -0.4 is 10.9 Å². The average Bonchev–Trinajstić information content (AvgIpc) is 3.57. The van der Waals surface area contributed by atoms with Crippen LogP contribution in [0, 0.1) is 35.0 Å². The third-order valence-corrected chi connectivity index (χ3v) is 9.38. The van der Waals surface area contributed by atoms with E-state index in [1.165, 1.54) is 11.7 Å². The summed E-state index contributed by atoms with van der Waals surface area (Å²) in [5.74, 6) is 0.0340. The topological polar surface area (TPSA) is 80.6 Å². The van der Waals surface area contributed by atoms with E-state index in [0.29, 0.717) is 49.5 Å². The standard InChI is InChI=1S/C28H40F4N6O/c1-16-10-19(6-7-22(16)29)25(18-4-5-18)34-26(39)21-12-17(15-38-9-8-36(2)27(38)33)11-20(13-21)23-14-24(28(30,31)32)35-37(23)3/h8-9,14,16-22,25,33H,4-7,10-13,15H2,1-3H3,(H,34,39)/t16?,17?,19?,20?,21?,22?,25-/m0/s1. The molecule has 2 heterocycles. The van der Waals surface area contributed by atoms with Gasteiger partial charge in [0.2, 0.25) is 11.5 Å². The molecule has 11 heteroatoms. The van der Waals surface area contributed by atoms with Gasteiger partial charge in [-0.15, -0.1) is 0 Å². The highest BCUT2D eigenvalue weighted by Gasteiger charge is 2.43. The Morgan fingerprint density at radius 3 is 2.41 bits per heavy atom. The summed E-state index contributed by atoms with van der Waals surface area (Å²) in [6, 6.07) is 1.15. The molecule has 3 fully saturated rings. The number of nitrogens with zero attached hydrogens (tertiary/aromatic N) is 4. The van der Waals surface area contributed by atoms with Gasteiger partial charge >= 0.3 is 6.18 Å². The quantitative estimate of drug-likeness (QED) is 0.478. The van der Waals surface area contributed by atoms with Crippen LogP contribution >= 0.6 is 0 Å². The van der Waals surface area contributed by atoms with Crippen molar-refractivity contribution in [1.29, 1.82) is 5.41 Å². The van der Waals surface area contributed by atoms with Crippen LogP contribution in [-0.2, 0) is 31.6 Å². The van der Waals surface area contributed by atoms with Crippen molar-refractivity contribution in [1.82, 2.24) is 24.2 Å². The van der Waals surface area contributed by atoms with Crippen molar-refractivity contribution < 1.29 is 22.4 Å². The second-order valence-corrected chi connectivity index (χ2v) is 12.4. The van der Waals surface area contributed by atoms with Crippen LogP contribution in [-0.4, -0.2) is 37.0 Å². The van der Waals surface area contributed by atoms with Gasteiger partial charge in [-0.2, -0.15) is 18.3 Å². The predicted octanol–water partition coefficient (Wildman–Crippen LogP) is 4.93. The highest BCUT2D eigenvalue weighted by atomic mass is 19.4. The molecule has 5 rings (SSSR count). The Balaban J connectivity index is 1.37. The largest absolute Gasteiger partial charge is 0.435 e. The van der Waals surface area contributed by atoms with Gasteiger partial charge in [-0.25, -0.2) is 4.39 Å². The summed E-state index contributed by atoms with van der Waals surface area (Å²) in [6.45, 7) is 2.47.